The van der Waals surface area contributed by atoms with Crippen molar-refractivity contribution in [2.45, 2.75) is 76.7 Å². The molecule has 0 spiro atoms. The molecule has 1 aliphatic rings. The molecule has 134 valence electrons. The summed E-state index contributed by atoms with van der Waals surface area (Å²) < 4.78 is 0. The van der Waals surface area contributed by atoms with Gasteiger partial charge < -0.3 is 10.6 Å². The Labute approximate surface area is 161 Å². The number of thiocarbonyl (C=S) groups is 1. The highest BCUT2D eigenvalue weighted by atomic mass is 35.5. The van der Waals surface area contributed by atoms with Gasteiger partial charge in [-0.05, 0) is 43.3 Å². The van der Waals surface area contributed by atoms with Crippen molar-refractivity contribution in [2.75, 3.05) is 5.32 Å². The van der Waals surface area contributed by atoms with Crippen LogP contribution in [0.3, 0.4) is 0 Å². The minimum atomic E-state index is 0.457. The molecule has 1 aromatic carbocycles. The van der Waals surface area contributed by atoms with Crippen LogP contribution in [0.25, 0.3) is 0 Å². The molecule has 2 rings (SSSR count). The van der Waals surface area contributed by atoms with Gasteiger partial charge in [0.1, 0.15) is 0 Å². The quantitative estimate of drug-likeness (QED) is 0.537. The maximum atomic E-state index is 6.04. The van der Waals surface area contributed by atoms with Crippen molar-refractivity contribution < 1.29 is 0 Å². The predicted molar refractivity (Wildman–Crippen MR) is 110 cm³/mol. The van der Waals surface area contributed by atoms with Crippen molar-refractivity contribution in [1.29, 1.82) is 0 Å². The fourth-order valence-corrected chi connectivity index (χ4v) is 4.10. The van der Waals surface area contributed by atoms with Crippen molar-refractivity contribution in [3.05, 3.63) is 28.2 Å². The van der Waals surface area contributed by atoms with Crippen LogP contribution in [0.4, 0.5) is 5.69 Å². The summed E-state index contributed by atoms with van der Waals surface area (Å²) in [6.07, 6.45) is 14.6. The van der Waals surface area contributed by atoms with Crippen LogP contribution in [0.5, 0.6) is 0 Å². The highest BCUT2D eigenvalue weighted by Crippen LogP contribution is 2.22. The number of hydrogen-bond donors (Lipinski definition) is 2. The van der Waals surface area contributed by atoms with E-state index < -0.39 is 0 Å². The summed E-state index contributed by atoms with van der Waals surface area (Å²) in [5, 5.41) is 8.58. The number of hydrogen-bond acceptors (Lipinski definition) is 1. The summed E-state index contributed by atoms with van der Waals surface area (Å²) in [7, 11) is 0. The monoisotopic (exact) mass is 386 g/mol. The Kier molecular flexibility index (Phi) is 9.22. The second kappa shape index (κ2) is 11.2. The van der Waals surface area contributed by atoms with E-state index in [-0.39, 0.29) is 0 Å². The van der Waals surface area contributed by atoms with Crippen LogP contribution in [0.15, 0.2) is 18.2 Å². The van der Waals surface area contributed by atoms with Crippen LogP contribution in [0.1, 0.15) is 70.6 Å². The molecule has 0 atom stereocenters. The van der Waals surface area contributed by atoms with E-state index in [9.17, 15) is 0 Å². The molecule has 0 bridgehead atoms. The highest BCUT2D eigenvalue weighted by molar-refractivity contribution is 7.80. The zero-order valence-electron chi connectivity index (χ0n) is 14.3. The standard InChI is InChI=1S/C19H28Cl2N2S/c20-15-12-16(21)14-18(13-15)23-19(24)22-17-10-8-6-4-2-1-3-5-7-9-11-17/h12-14,17H,1-11H2,(H2,22,23,24). The van der Waals surface area contributed by atoms with Gasteiger partial charge in [-0.3, -0.25) is 0 Å². The number of halogens is 2. The minimum absolute atomic E-state index is 0.457. The Morgan fingerprint density at radius 2 is 1.25 bits per heavy atom. The first-order chi connectivity index (χ1) is 11.6. The molecule has 0 aromatic heterocycles. The van der Waals surface area contributed by atoms with Crippen LogP contribution in [-0.4, -0.2) is 11.2 Å². The van der Waals surface area contributed by atoms with Gasteiger partial charge in [0, 0.05) is 21.8 Å². The summed E-state index contributed by atoms with van der Waals surface area (Å²) in [6.45, 7) is 0. The molecule has 0 aliphatic heterocycles. The van der Waals surface area contributed by atoms with Crippen LogP contribution in [0, 0.1) is 0 Å². The van der Waals surface area contributed by atoms with Crippen molar-refractivity contribution in [2.24, 2.45) is 0 Å². The maximum absolute atomic E-state index is 6.04. The Hall–Kier alpha value is -0.510. The first kappa shape index (κ1) is 19.8. The van der Waals surface area contributed by atoms with Crippen LogP contribution < -0.4 is 10.6 Å². The Morgan fingerprint density at radius 1 is 0.792 bits per heavy atom. The second-order valence-electron chi connectivity index (χ2n) is 6.71. The normalized spacial score (nSPS) is 18.2. The molecule has 1 aromatic rings. The lowest BCUT2D eigenvalue weighted by molar-refractivity contribution is 0.444. The number of nitrogens with one attached hydrogen (secondary N) is 2. The lowest BCUT2D eigenvalue weighted by atomic mass is 9.98. The lowest BCUT2D eigenvalue weighted by Gasteiger charge is -2.21. The van der Waals surface area contributed by atoms with Gasteiger partial charge in [0.2, 0.25) is 0 Å². The molecule has 1 fully saturated rings. The molecule has 2 nitrogen and oxygen atoms in total. The zero-order chi connectivity index (χ0) is 17.2. The van der Waals surface area contributed by atoms with E-state index in [2.05, 4.69) is 10.6 Å². The molecule has 0 amide bonds. The predicted octanol–water partition coefficient (Wildman–Crippen LogP) is 6.95. The maximum Gasteiger partial charge on any atom is 0.170 e. The van der Waals surface area contributed by atoms with E-state index in [0.29, 0.717) is 21.2 Å². The molecular formula is C19H28Cl2N2S. The summed E-state index contributed by atoms with van der Waals surface area (Å²) in [6, 6.07) is 5.85. The number of anilines is 1. The third-order valence-corrected chi connectivity index (χ3v) is 5.22. The summed E-state index contributed by atoms with van der Waals surface area (Å²) in [5.41, 5.74) is 0.832. The van der Waals surface area contributed by atoms with Crippen LogP contribution >= 0.6 is 35.4 Å². The van der Waals surface area contributed by atoms with E-state index in [1.54, 1.807) is 6.07 Å². The average molecular weight is 387 g/mol. The summed E-state index contributed by atoms with van der Waals surface area (Å²) >= 11 is 17.6. The van der Waals surface area contributed by atoms with E-state index in [1.165, 1.54) is 70.6 Å². The molecular weight excluding hydrogens is 359 g/mol. The van der Waals surface area contributed by atoms with Crippen molar-refractivity contribution in [3.63, 3.8) is 0 Å². The van der Waals surface area contributed by atoms with Gasteiger partial charge in [0.25, 0.3) is 0 Å². The first-order valence-electron chi connectivity index (χ1n) is 9.17. The molecule has 0 unspecified atom stereocenters. The fraction of sp³-hybridized carbons (Fsp3) is 0.632. The van der Waals surface area contributed by atoms with Crippen molar-refractivity contribution in [1.82, 2.24) is 5.32 Å². The molecule has 24 heavy (non-hydrogen) atoms. The number of benzene rings is 1. The summed E-state index contributed by atoms with van der Waals surface area (Å²) in [5.74, 6) is 0. The Morgan fingerprint density at radius 3 is 1.75 bits per heavy atom. The van der Waals surface area contributed by atoms with E-state index in [1.807, 2.05) is 12.1 Å². The molecule has 0 saturated heterocycles. The molecule has 0 radical (unpaired) electrons. The van der Waals surface area contributed by atoms with Crippen LogP contribution in [0.2, 0.25) is 10.0 Å². The average Bonchev–Trinajstić information content (AvgIpc) is 2.48. The third-order valence-electron chi connectivity index (χ3n) is 4.56. The zero-order valence-corrected chi connectivity index (χ0v) is 16.6. The first-order valence-corrected chi connectivity index (χ1v) is 10.3. The molecule has 2 N–H and O–H groups in total. The number of rotatable bonds is 2. The van der Waals surface area contributed by atoms with Gasteiger partial charge in [-0.25, -0.2) is 0 Å². The molecule has 0 heterocycles. The lowest BCUT2D eigenvalue weighted by Crippen LogP contribution is -2.37. The SMILES string of the molecule is S=C(Nc1cc(Cl)cc(Cl)c1)NC1CCCCCCCCCCC1. The minimum Gasteiger partial charge on any atom is -0.360 e. The van der Waals surface area contributed by atoms with Crippen molar-refractivity contribution >= 4 is 46.2 Å². The fourth-order valence-electron chi connectivity index (χ4n) is 3.29. The largest absolute Gasteiger partial charge is 0.360 e. The van der Waals surface area contributed by atoms with Crippen molar-refractivity contribution in [3.8, 4) is 0 Å². The van der Waals surface area contributed by atoms with E-state index in [0.717, 1.165) is 5.69 Å². The van der Waals surface area contributed by atoms with Gasteiger partial charge >= 0.3 is 0 Å². The van der Waals surface area contributed by atoms with Gasteiger partial charge in [-0.15, -0.1) is 0 Å². The molecule has 1 aliphatic carbocycles. The third kappa shape index (κ3) is 8.04. The Balaban J connectivity index is 1.84. The molecule has 5 heteroatoms. The highest BCUT2D eigenvalue weighted by Gasteiger charge is 2.11. The van der Waals surface area contributed by atoms with E-state index in [4.69, 9.17) is 35.4 Å². The molecule has 1 saturated carbocycles. The van der Waals surface area contributed by atoms with Gasteiger partial charge in [0.15, 0.2) is 5.11 Å². The summed E-state index contributed by atoms with van der Waals surface area (Å²) in [4.78, 5) is 0. The van der Waals surface area contributed by atoms with Gasteiger partial charge in [-0.2, -0.15) is 0 Å². The van der Waals surface area contributed by atoms with Gasteiger partial charge in [0.05, 0.1) is 0 Å². The van der Waals surface area contributed by atoms with E-state index >= 15 is 0 Å². The topological polar surface area (TPSA) is 24.1 Å². The smallest absolute Gasteiger partial charge is 0.170 e. The van der Waals surface area contributed by atoms with Gasteiger partial charge in [-0.1, -0.05) is 81.0 Å². The second-order valence-corrected chi connectivity index (χ2v) is 7.99. The van der Waals surface area contributed by atoms with Crippen LogP contribution in [-0.2, 0) is 0 Å². The Bertz CT molecular complexity index is 490.